The highest BCUT2D eigenvalue weighted by atomic mass is 16.2. The van der Waals surface area contributed by atoms with E-state index in [1.807, 2.05) is 17.0 Å². The van der Waals surface area contributed by atoms with Crippen LogP contribution >= 0.6 is 0 Å². The molecule has 1 unspecified atom stereocenters. The van der Waals surface area contributed by atoms with E-state index in [1.54, 1.807) is 29.2 Å². The standard InChI is InChI=1S/C27H31N3O3/c31-24(22-9-5-2-6-10-22)26(33)29-13-11-27(12-14-29)19-23(27)25(32)30-17-15-28(16-18-30)20-21-7-3-1-4-8-21/h1-10,23H,11-20H2. The number of piperazine rings is 1. The van der Waals surface area contributed by atoms with E-state index in [2.05, 4.69) is 29.2 Å². The van der Waals surface area contributed by atoms with E-state index in [1.165, 1.54) is 5.56 Å². The fourth-order valence-corrected chi connectivity index (χ4v) is 5.45. The Balaban J connectivity index is 1.09. The first kappa shape index (κ1) is 21.8. The number of rotatable bonds is 5. The number of likely N-dealkylation sites (tertiary alicyclic amines) is 1. The summed E-state index contributed by atoms with van der Waals surface area (Å²) in [5.41, 5.74) is 1.78. The van der Waals surface area contributed by atoms with Crippen molar-refractivity contribution in [1.82, 2.24) is 14.7 Å². The summed E-state index contributed by atoms with van der Waals surface area (Å²) in [6.45, 7) is 5.44. The predicted octanol–water partition coefficient (Wildman–Crippen LogP) is 2.84. The van der Waals surface area contributed by atoms with Gasteiger partial charge in [-0.3, -0.25) is 19.3 Å². The normalized spacial score (nSPS) is 22.2. The molecule has 2 saturated heterocycles. The molecular weight excluding hydrogens is 414 g/mol. The van der Waals surface area contributed by atoms with Crippen LogP contribution in [-0.4, -0.2) is 71.6 Å². The molecule has 0 aromatic heterocycles. The van der Waals surface area contributed by atoms with Gasteiger partial charge in [-0.1, -0.05) is 60.7 Å². The van der Waals surface area contributed by atoms with Gasteiger partial charge in [0.15, 0.2) is 0 Å². The zero-order chi connectivity index (χ0) is 22.8. The molecule has 6 nitrogen and oxygen atoms in total. The quantitative estimate of drug-likeness (QED) is 0.525. The zero-order valence-corrected chi connectivity index (χ0v) is 19.0. The van der Waals surface area contributed by atoms with Crippen molar-refractivity contribution in [1.29, 1.82) is 0 Å². The van der Waals surface area contributed by atoms with Gasteiger partial charge in [0.05, 0.1) is 0 Å². The molecule has 2 aromatic rings. The Labute approximate surface area is 195 Å². The van der Waals surface area contributed by atoms with Crippen molar-refractivity contribution >= 4 is 17.6 Å². The molecule has 1 saturated carbocycles. The fourth-order valence-electron chi connectivity index (χ4n) is 5.45. The summed E-state index contributed by atoms with van der Waals surface area (Å²) < 4.78 is 0. The highest BCUT2D eigenvalue weighted by molar-refractivity contribution is 6.42. The Kier molecular flexibility index (Phi) is 6.02. The number of hydrogen-bond acceptors (Lipinski definition) is 4. The predicted molar refractivity (Wildman–Crippen MR) is 125 cm³/mol. The highest BCUT2D eigenvalue weighted by Gasteiger charge is 2.59. The van der Waals surface area contributed by atoms with E-state index in [0.29, 0.717) is 18.7 Å². The van der Waals surface area contributed by atoms with Gasteiger partial charge in [-0.2, -0.15) is 0 Å². The monoisotopic (exact) mass is 445 g/mol. The molecule has 2 amide bonds. The van der Waals surface area contributed by atoms with Crippen molar-refractivity contribution in [3.63, 3.8) is 0 Å². The number of carbonyl (C=O) groups excluding carboxylic acids is 3. The van der Waals surface area contributed by atoms with E-state index in [4.69, 9.17) is 0 Å². The first-order chi connectivity index (χ1) is 16.1. The number of Topliss-reactive ketones (excluding diaryl/α,β-unsaturated/α-hetero) is 1. The van der Waals surface area contributed by atoms with Crippen molar-refractivity contribution in [2.24, 2.45) is 11.3 Å². The van der Waals surface area contributed by atoms with Gasteiger partial charge in [0.1, 0.15) is 0 Å². The number of amides is 2. The van der Waals surface area contributed by atoms with E-state index in [9.17, 15) is 14.4 Å². The van der Waals surface area contributed by atoms with Gasteiger partial charge in [-0.25, -0.2) is 0 Å². The second-order valence-corrected chi connectivity index (χ2v) is 9.69. The summed E-state index contributed by atoms with van der Waals surface area (Å²) in [4.78, 5) is 44.4. The largest absolute Gasteiger partial charge is 0.340 e. The molecule has 3 fully saturated rings. The summed E-state index contributed by atoms with van der Waals surface area (Å²) in [5, 5.41) is 0. The third-order valence-corrected chi connectivity index (χ3v) is 7.70. The lowest BCUT2D eigenvalue weighted by molar-refractivity contribution is -0.135. The first-order valence-electron chi connectivity index (χ1n) is 12.0. The molecule has 0 radical (unpaired) electrons. The van der Waals surface area contributed by atoms with Crippen molar-refractivity contribution in [2.45, 2.75) is 25.8 Å². The van der Waals surface area contributed by atoms with Crippen molar-refractivity contribution < 1.29 is 14.4 Å². The van der Waals surface area contributed by atoms with E-state index < -0.39 is 11.7 Å². The number of piperidine rings is 1. The summed E-state index contributed by atoms with van der Waals surface area (Å²) >= 11 is 0. The van der Waals surface area contributed by atoms with Crippen LogP contribution in [0.5, 0.6) is 0 Å². The summed E-state index contributed by atoms with van der Waals surface area (Å²) in [5.74, 6) is -0.493. The second-order valence-electron chi connectivity index (χ2n) is 9.69. The lowest BCUT2D eigenvalue weighted by atomic mass is 9.90. The minimum atomic E-state index is -0.441. The molecule has 33 heavy (non-hydrogen) atoms. The Bertz CT molecular complexity index is 1010. The molecule has 2 heterocycles. The number of hydrogen-bond donors (Lipinski definition) is 0. The average Bonchev–Trinajstić information content (AvgIpc) is 3.57. The zero-order valence-electron chi connectivity index (χ0n) is 19.0. The molecule has 6 heteroatoms. The SMILES string of the molecule is O=C(C(=O)N1CCC2(CC1)CC2C(=O)N1CCN(Cc2ccccc2)CC1)c1ccccc1. The van der Waals surface area contributed by atoms with Crippen LogP contribution in [0.2, 0.25) is 0 Å². The lowest BCUT2D eigenvalue weighted by Gasteiger charge is -2.36. The summed E-state index contributed by atoms with van der Waals surface area (Å²) in [7, 11) is 0. The molecule has 1 spiro atoms. The molecule has 2 aromatic carbocycles. The van der Waals surface area contributed by atoms with Crippen LogP contribution in [0, 0.1) is 11.3 Å². The third kappa shape index (κ3) is 4.58. The topological polar surface area (TPSA) is 60.9 Å². The van der Waals surface area contributed by atoms with Crippen LogP contribution in [0.15, 0.2) is 60.7 Å². The number of benzene rings is 2. The van der Waals surface area contributed by atoms with Gasteiger partial charge in [0, 0.05) is 57.3 Å². The van der Waals surface area contributed by atoms with Crippen molar-refractivity contribution in [3.05, 3.63) is 71.8 Å². The molecule has 1 aliphatic carbocycles. The second kappa shape index (κ2) is 9.10. The Morgan fingerprint density at radius 2 is 1.36 bits per heavy atom. The summed E-state index contributed by atoms with van der Waals surface area (Å²) in [6, 6.07) is 19.2. The maximum Gasteiger partial charge on any atom is 0.294 e. The van der Waals surface area contributed by atoms with Crippen LogP contribution in [0.4, 0.5) is 0 Å². The summed E-state index contributed by atoms with van der Waals surface area (Å²) in [6.07, 6.45) is 2.54. The Morgan fingerprint density at radius 1 is 0.758 bits per heavy atom. The molecule has 172 valence electrons. The van der Waals surface area contributed by atoms with Crippen molar-refractivity contribution in [2.75, 3.05) is 39.3 Å². The van der Waals surface area contributed by atoms with Crippen LogP contribution in [0.25, 0.3) is 0 Å². The van der Waals surface area contributed by atoms with Gasteiger partial charge >= 0.3 is 0 Å². The molecule has 0 bridgehead atoms. The maximum absolute atomic E-state index is 13.2. The van der Waals surface area contributed by atoms with E-state index >= 15 is 0 Å². The molecule has 3 aliphatic rings. The number of nitrogens with zero attached hydrogens (tertiary/aromatic N) is 3. The Hall–Kier alpha value is -2.99. The Morgan fingerprint density at radius 3 is 2.00 bits per heavy atom. The molecule has 1 atom stereocenters. The van der Waals surface area contributed by atoms with Gasteiger partial charge in [-0.15, -0.1) is 0 Å². The average molecular weight is 446 g/mol. The maximum atomic E-state index is 13.2. The van der Waals surface area contributed by atoms with E-state index in [-0.39, 0.29) is 17.2 Å². The van der Waals surface area contributed by atoms with E-state index in [0.717, 1.165) is 52.0 Å². The van der Waals surface area contributed by atoms with Gasteiger partial charge < -0.3 is 9.80 Å². The molecule has 2 aliphatic heterocycles. The van der Waals surface area contributed by atoms with Gasteiger partial charge in [0.25, 0.3) is 5.91 Å². The minimum Gasteiger partial charge on any atom is -0.340 e. The lowest BCUT2D eigenvalue weighted by Crippen LogP contribution is -2.49. The molecule has 5 rings (SSSR count). The van der Waals surface area contributed by atoms with Crippen LogP contribution < -0.4 is 0 Å². The van der Waals surface area contributed by atoms with Crippen LogP contribution in [0.1, 0.15) is 35.2 Å². The number of ketones is 1. The molecular formula is C27H31N3O3. The van der Waals surface area contributed by atoms with Crippen molar-refractivity contribution in [3.8, 4) is 0 Å². The fraction of sp³-hybridized carbons (Fsp3) is 0.444. The smallest absolute Gasteiger partial charge is 0.294 e. The van der Waals surface area contributed by atoms with Crippen LogP contribution in [0.3, 0.4) is 0 Å². The highest BCUT2D eigenvalue weighted by Crippen LogP contribution is 2.60. The first-order valence-corrected chi connectivity index (χ1v) is 12.0. The van der Waals surface area contributed by atoms with Gasteiger partial charge in [-0.05, 0) is 30.2 Å². The van der Waals surface area contributed by atoms with Gasteiger partial charge in [0.2, 0.25) is 11.7 Å². The minimum absolute atomic E-state index is 0.0326. The third-order valence-electron chi connectivity index (χ3n) is 7.70. The number of carbonyl (C=O) groups is 3. The van der Waals surface area contributed by atoms with Crippen LogP contribution in [-0.2, 0) is 16.1 Å². The molecule has 0 N–H and O–H groups in total.